The highest BCUT2D eigenvalue weighted by Gasteiger charge is 2.22. The molecule has 0 spiro atoms. The topological polar surface area (TPSA) is 106 Å². The fourth-order valence-corrected chi connectivity index (χ4v) is 3.81. The van der Waals surface area contributed by atoms with Gasteiger partial charge in [0.05, 0.1) is 17.1 Å². The Bertz CT molecular complexity index is 960. The van der Waals surface area contributed by atoms with Crippen molar-refractivity contribution < 1.29 is 19.1 Å². The molecule has 184 valence electrons. The Hall–Kier alpha value is -3.20. The second-order valence-electron chi connectivity index (χ2n) is 9.57. The molecule has 2 heterocycles. The molecule has 9 nitrogen and oxygen atoms in total. The van der Waals surface area contributed by atoms with E-state index in [4.69, 9.17) is 9.47 Å². The lowest BCUT2D eigenvalue weighted by Crippen LogP contribution is -2.45. The lowest BCUT2D eigenvalue weighted by Gasteiger charge is -2.32. The first-order valence-electron chi connectivity index (χ1n) is 11.6. The van der Waals surface area contributed by atoms with E-state index in [1.54, 1.807) is 34.6 Å². The molecular formula is C25H35N5O4. The molecule has 1 saturated heterocycles. The van der Waals surface area contributed by atoms with E-state index in [9.17, 15) is 9.59 Å². The largest absolute Gasteiger partial charge is 0.453 e. The molecular weight excluding hydrogens is 434 g/mol. The molecule has 2 amide bonds. The Balaban J connectivity index is 1.43. The standard InChI is InChI=1S/C25H35N5O4/c1-17-22(29-24(32)34-25(3,4)5)18(2)27-23(26-17)33-16-21(31)28-20-11-13-30(14-12-20)15-19-9-7-6-8-10-19/h6-10,20H,11-16H2,1-5H3,(H,28,31)(H,29,32). The average Bonchev–Trinajstić information content (AvgIpc) is 2.76. The van der Waals surface area contributed by atoms with E-state index in [1.807, 2.05) is 6.07 Å². The molecule has 9 heteroatoms. The van der Waals surface area contributed by atoms with Gasteiger partial charge >= 0.3 is 12.1 Å². The van der Waals surface area contributed by atoms with Gasteiger partial charge in [-0.15, -0.1) is 0 Å². The predicted octanol–water partition coefficient (Wildman–Crippen LogP) is 3.60. The number of aromatic nitrogens is 2. The Morgan fingerprint density at radius 3 is 2.26 bits per heavy atom. The van der Waals surface area contributed by atoms with Gasteiger partial charge in [0.25, 0.3) is 5.91 Å². The van der Waals surface area contributed by atoms with Crippen LogP contribution in [0.2, 0.25) is 0 Å². The minimum absolute atomic E-state index is 0.0950. The summed E-state index contributed by atoms with van der Waals surface area (Å²) in [6.07, 6.45) is 1.22. The van der Waals surface area contributed by atoms with Crippen LogP contribution in [0.15, 0.2) is 30.3 Å². The van der Waals surface area contributed by atoms with Crippen molar-refractivity contribution in [2.45, 2.75) is 65.6 Å². The zero-order valence-electron chi connectivity index (χ0n) is 20.7. The van der Waals surface area contributed by atoms with Crippen LogP contribution in [0.1, 0.15) is 50.6 Å². The van der Waals surface area contributed by atoms with E-state index in [1.165, 1.54) is 5.56 Å². The van der Waals surface area contributed by atoms with Gasteiger partial charge in [-0.25, -0.2) is 4.79 Å². The van der Waals surface area contributed by atoms with Crippen LogP contribution in [0.4, 0.5) is 10.5 Å². The van der Waals surface area contributed by atoms with Crippen LogP contribution in [0.3, 0.4) is 0 Å². The van der Waals surface area contributed by atoms with Gasteiger partial charge in [-0.05, 0) is 53.0 Å². The Kier molecular flexibility index (Phi) is 8.44. The summed E-state index contributed by atoms with van der Waals surface area (Å²) in [5.74, 6) is -0.198. The molecule has 2 N–H and O–H groups in total. The fraction of sp³-hybridized carbons (Fsp3) is 0.520. The van der Waals surface area contributed by atoms with Crippen LogP contribution in [-0.2, 0) is 16.1 Å². The van der Waals surface area contributed by atoms with Crippen LogP contribution in [0, 0.1) is 13.8 Å². The number of nitrogens with one attached hydrogen (secondary N) is 2. The molecule has 2 aromatic rings. The lowest BCUT2D eigenvalue weighted by molar-refractivity contribution is -0.124. The first kappa shape index (κ1) is 25.4. The van der Waals surface area contributed by atoms with Crippen LogP contribution in [0.25, 0.3) is 0 Å². The SMILES string of the molecule is Cc1nc(OCC(=O)NC2CCN(Cc3ccccc3)CC2)nc(C)c1NC(=O)OC(C)(C)C. The van der Waals surface area contributed by atoms with Crippen molar-refractivity contribution in [1.29, 1.82) is 0 Å². The maximum atomic E-state index is 12.4. The summed E-state index contributed by atoms with van der Waals surface area (Å²) in [6, 6.07) is 10.6. The number of hydrogen-bond acceptors (Lipinski definition) is 7. The number of carbonyl (C=O) groups is 2. The van der Waals surface area contributed by atoms with E-state index in [-0.39, 0.29) is 24.6 Å². The Morgan fingerprint density at radius 2 is 1.68 bits per heavy atom. The highest BCUT2D eigenvalue weighted by Crippen LogP contribution is 2.21. The van der Waals surface area contributed by atoms with Crippen LogP contribution in [0.5, 0.6) is 6.01 Å². The van der Waals surface area contributed by atoms with Gasteiger partial charge < -0.3 is 14.8 Å². The van der Waals surface area contributed by atoms with Crippen LogP contribution < -0.4 is 15.4 Å². The second kappa shape index (κ2) is 11.3. The summed E-state index contributed by atoms with van der Waals surface area (Å²) >= 11 is 0. The zero-order chi connectivity index (χ0) is 24.7. The number of ether oxygens (including phenoxy) is 2. The summed E-state index contributed by atoms with van der Waals surface area (Å²) in [7, 11) is 0. The number of carbonyl (C=O) groups excluding carboxylic acids is 2. The van der Waals surface area contributed by atoms with Gasteiger partial charge in [-0.1, -0.05) is 30.3 Å². The molecule has 1 aliphatic rings. The zero-order valence-corrected chi connectivity index (χ0v) is 20.7. The van der Waals surface area contributed by atoms with E-state index >= 15 is 0 Å². The molecule has 0 unspecified atom stereocenters. The summed E-state index contributed by atoms with van der Waals surface area (Å²) < 4.78 is 10.8. The van der Waals surface area contributed by atoms with Crippen molar-refractivity contribution in [2.75, 3.05) is 25.0 Å². The van der Waals surface area contributed by atoms with Crippen molar-refractivity contribution in [3.8, 4) is 6.01 Å². The molecule has 0 bridgehead atoms. The monoisotopic (exact) mass is 469 g/mol. The lowest BCUT2D eigenvalue weighted by atomic mass is 10.0. The summed E-state index contributed by atoms with van der Waals surface area (Å²) in [5, 5.41) is 5.72. The molecule has 0 radical (unpaired) electrons. The highest BCUT2D eigenvalue weighted by atomic mass is 16.6. The minimum atomic E-state index is -0.609. The number of rotatable bonds is 7. The normalized spacial score (nSPS) is 15.0. The first-order chi connectivity index (χ1) is 16.1. The van der Waals surface area contributed by atoms with Gasteiger partial charge in [-0.2, -0.15) is 9.97 Å². The van der Waals surface area contributed by atoms with Crippen molar-refractivity contribution >= 4 is 17.7 Å². The molecule has 1 aromatic carbocycles. The molecule has 1 fully saturated rings. The number of aryl methyl sites for hydroxylation is 2. The van der Waals surface area contributed by atoms with Crippen LogP contribution in [-0.4, -0.2) is 58.2 Å². The average molecular weight is 470 g/mol. The van der Waals surface area contributed by atoms with E-state index in [0.29, 0.717) is 17.1 Å². The van der Waals surface area contributed by atoms with Crippen molar-refractivity contribution in [1.82, 2.24) is 20.2 Å². The summed E-state index contributed by atoms with van der Waals surface area (Å²) in [5.41, 5.74) is 2.21. The molecule has 1 aromatic heterocycles. The third kappa shape index (κ3) is 7.98. The molecule has 0 atom stereocenters. The number of piperidine rings is 1. The van der Waals surface area contributed by atoms with E-state index < -0.39 is 11.7 Å². The van der Waals surface area contributed by atoms with Gasteiger partial charge in [0.2, 0.25) is 0 Å². The highest BCUT2D eigenvalue weighted by molar-refractivity contribution is 5.86. The predicted molar refractivity (Wildman–Crippen MR) is 130 cm³/mol. The van der Waals surface area contributed by atoms with Crippen molar-refractivity contribution in [2.24, 2.45) is 0 Å². The number of anilines is 1. The number of nitrogens with zero attached hydrogens (tertiary/aromatic N) is 3. The number of hydrogen-bond donors (Lipinski definition) is 2. The van der Waals surface area contributed by atoms with Crippen molar-refractivity contribution in [3.05, 3.63) is 47.3 Å². The van der Waals surface area contributed by atoms with Crippen LogP contribution >= 0.6 is 0 Å². The number of likely N-dealkylation sites (tertiary alicyclic amines) is 1. The quantitative estimate of drug-likeness (QED) is 0.638. The smallest absolute Gasteiger partial charge is 0.412 e. The molecule has 0 saturated carbocycles. The van der Waals surface area contributed by atoms with Crippen molar-refractivity contribution in [3.63, 3.8) is 0 Å². The number of benzene rings is 1. The summed E-state index contributed by atoms with van der Waals surface area (Å²) in [6.45, 7) is 11.5. The van der Waals surface area contributed by atoms with Gasteiger partial charge in [0, 0.05) is 25.7 Å². The third-order valence-corrected chi connectivity index (χ3v) is 5.41. The molecule has 3 rings (SSSR count). The maximum absolute atomic E-state index is 12.4. The Labute approximate surface area is 201 Å². The molecule has 1 aliphatic heterocycles. The fourth-order valence-electron chi connectivity index (χ4n) is 3.81. The van der Waals surface area contributed by atoms with Gasteiger partial charge in [0.1, 0.15) is 5.60 Å². The van der Waals surface area contributed by atoms with Gasteiger partial charge in [-0.3, -0.25) is 15.0 Å². The van der Waals surface area contributed by atoms with E-state index in [0.717, 1.165) is 32.5 Å². The Morgan fingerprint density at radius 1 is 1.06 bits per heavy atom. The second-order valence-corrected chi connectivity index (χ2v) is 9.57. The first-order valence-corrected chi connectivity index (χ1v) is 11.6. The third-order valence-electron chi connectivity index (χ3n) is 5.41. The van der Waals surface area contributed by atoms with E-state index in [2.05, 4.69) is 49.8 Å². The molecule has 0 aliphatic carbocycles. The minimum Gasteiger partial charge on any atom is -0.453 e. The number of amides is 2. The van der Waals surface area contributed by atoms with Gasteiger partial charge in [0.15, 0.2) is 6.61 Å². The molecule has 34 heavy (non-hydrogen) atoms. The summed E-state index contributed by atoms with van der Waals surface area (Å²) in [4.78, 5) is 35.4. The maximum Gasteiger partial charge on any atom is 0.412 e.